The van der Waals surface area contributed by atoms with Crippen LogP contribution in [0.4, 0.5) is 0 Å². The lowest BCUT2D eigenvalue weighted by Crippen LogP contribution is -2.52. The van der Waals surface area contributed by atoms with Gasteiger partial charge in [0.2, 0.25) is 0 Å². The van der Waals surface area contributed by atoms with Crippen molar-refractivity contribution in [2.75, 3.05) is 26.3 Å². The van der Waals surface area contributed by atoms with Crippen molar-refractivity contribution in [2.24, 2.45) is 0 Å². The van der Waals surface area contributed by atoms with E-state index in [-0.39, 0.29) is 0 Å². The largest absolute Gasteiger partial charge is 0.468 e. The molecule has 0 saturated carbocycles. The van der Waals surface area contributed by atoms with Crippen molar-refractivity contribution in [3.63, 3.8) is 0 Å². The van der Waals surface area contributed by atoms with Crippen LogP contribution in [-0.2, 0) is 11.3 Å². The molecule has 0 amide bonds. The lowest BCUT2D eigenvalue weighted by atomic mass is 10.1. The molecule has 1 fully saturated rings. The molecule has 0 aliphatic carbocycles. The summed E-state index contributed by atoms with van der Waals surface area (Å²) in [5.74, 6) is 0.996. The number of hydrogen-bond donors (Lipinski definition) is 1. The monoisotopic (exact) mass is 252 g/mol. The number of nitrogens with one attached hydrogen (secondary N) is 1. The molecule has 0 spiro atoms. The van der Waals surface area contributed by atoms with Crippen LogP contribution < -0.4 is 5.32 Å². The molecule has 0 aromatic carbocycles. The van der Waals surface area contributed by atoms with E-state index in [1.54, 1.807) is 6.26 Å². The number of morpholine rings is 1. The molecular weight excluding hydrogens is 228 g/mol. The lowest BCUT2D eigenvalue weighted by molar-refractivity contribution is -0.0263. The Morgan fingerprint density at radius 1 is 1.56 bits per heavy atom. The summed E-state index contributed by atoms with van der Waals surface area (Å²) in [6, 6.07) is 5.03. The van der Waals surface area contributed by atoms with Gasteiger partial charge in [0.05, 0.1) is 26.0 Å². The van der Waals surface area contributed by atoms with E-state index in [2.05, 4.69) is 24.1 Å². The number of furan rings is 1. The zero-order valence-electron chi connectivity index (χ0n) is 11.4. The maximum atomic E-state index is 5.54. The molecule has 1 aliphatic rings. The van der Waals surface area contributed by atoms with Crippen LogP contribution in [-0.4, -0.2) is 43.3 Å². The van der Waals surface area contributed by atoms with Crippen molar-refractivity contribution in [3.05, 3.63) is 24.2 Å². The predicted molar refractivity (Wildman–Crippen MR) is 71.5 cm³/mol. The third-order valence-corrected chi connectivity index (χ3v) is 3.63. The van der Waals surface area contributed by atoms with Gasteiger partial charge >= 0.3 is 0 Å². The highest BCUT2D eigenvalue weighted by molar-refractivity contribution is 4.97. The Hall–Kier alpha value is -0.840. The van der Waals surface area contributed by atoms with Crippen molar-refractivity contribution in [2.45, 2.75) is 38.9 Å². The van der Waals surface area contributed by atoms with Gasteiger partial charge in [-0.2, -0.15) is 0 Å². The quantitative estimate of drug-likeness (QED) is 0.838. The van der Waals surface area contributed by atoms with Crippen molar-refractivity contribution in [3.8, 4) is 0 Å². The van der Waals surface area contributed by atoms with E-state index in [0.29, 0.717) is 12.1 Å². The van der Waals surface area contributed by atoms with Crippen LogP contribution in [0.15, 0.2) is 22.8 Å². The van der Waals surface area contributed by atoms with Gasteiger partial charge in [-0.1, -0.05) is 6.92 Å². The van der Waals surface area contributed by atoms with E-state index < -0.39 is 0 Å². The summed E-state index contributed by atoms with van der Waals surface area (Å²) < 4.78 is 10.8. The molecule has 2 rings (SSSR count). The van der Waals surface area contributed by atoms with Crippen molar-refractivity contribution >= 4 is 0 Å². The highest BCUT2D eigenvalue weighted by Crippen LogP contribution is 2.13. The summed E-state index contributed by atoms with van der Waals surface area (Å²) in [5.41, 5.74) is 0. The van der Waals surface area contributed by atoms with Gasteiger partial charge in [0.25, 0.3) is 0 Å². The Labute approximate surface area is 109 Å². The van der Waals surface area contributed by atoms with Gasteiger partial charge in [0.15, 0.2) is 0 Å². The van der Waals surface area contributed by atoms with Crippen molar-refractivity contribution < 1.29 is 9.15 Å². The summed E-state index contributed by atoms with van der Waals surface area (Å²) in [4.78, 5) is 2.55. The Bertz CT molecular complexity index is 327. The van der Waals surface area contributed by atoms with Gasteiger partial charge in [-0.25, -0.2) is 0 Å². The summed E-state index contributed by atoms with van der Waals surface area (Å²) in [7, 11) is 0. The van der Waals surface area contributed by atoms with Gasteiger partial charge in [-0.3, -0.25) is 4.90 Å². The summed E-state index contributed by atoms with van der Waals surface area (Å²) in [6.45, 7) is 9.08. The summed E-state index contributed by atoms with van der Waals surface area (Å²) in [5, 5.41) is 3.45. The first-order chi connectivity index (χ1) is 8.81. The number of hydrogen-bond acceptors (Lipinski definition) is 4. The van der Waals surface area contributed by atoms with Crippen LogP contribution in [0.3, 0.4) is 0 Å². The molecule has 2 atom stereocenters. The number of rotatable bonds is 6. The maximum absolute atomic E-state index is 5.54. The second kappa shape index (κ2) is 6.92. The summed E-state index contributed by atoms with van der Waals surface area (Å²) in [6.07, 6.45) is 2.87. The highest BCUT2D eigenvalue weighted by atomic mass is 16.5. The molecule has 1 aliphatic heterocycles. The van der Waals surface area contributed by atoms with Gasteiger partial charge < -0.3 is 14.5 Å². The fourth-order valence-electron chi connectivity index (χ4n) is 2.53. The van der Waals surface area contributed by atoms with E-state index >= 15 is 0 Å². The maximum Gasteiger partial charge on any atom is 0.117 e. The molecular formula is C14H24N2O2. The Kier molecular flexibility index (Phi) is 5.23. The molecule has 102 valence electrons. The van der Waals surface area contributed by atoms with Crippen molar-refractivity contribution in [1.29, 1.82) is 0 Å². The van der Waals surface area contributed by atoms with Gasteiger partial charge in [-0.15, -0.1) is 0 Å². The Balaban J connectivity index is 1.74. The SMILES string of the molecule is CCC1COCCN1C(C)CNCc1ccco1. The number of nitrogens with zero attached hydrogens (tertiary/aromatic N) is 1. The lowest BCUT2D eigenvalue weighted by Gasteiger charge is -2.39. The second-order valence-corrected chi connectivity index (χ2v) is 4.93. The van der Waals surface area contributed by atoms with Gasteiger partial charge in [0, 0.05) is 25.2 Å². The molecule has 1 aromatic heterocycles. The van der Waals surface area contributed by atoms with Crippen molar-refractivity contribution in [1.82, 2.24) is 10.2 Å². The minimum absolute atomic E-state index is 0.536. The predicted octanol–water partition coefficient (Wildman–Crippen LogP) is 1.87. The molecule has 0 bridgehead atoms. The Morgan fingerprint density at radius 3 is 3.17 bits per heavy atom. The van der Waals surface area contributed by atoms with Crippen LogP contribution in [0, 0.1) is 0 Å². The van der Waals surface area contributed by atoms with E-state index in [0.717, 1.165) is 45.0 Å². The van der Waals surface area contributed by atoms with Crippen LogP contribution in [0.2, 0.25) is 0 Å². The Morgan fingerprint density at radius 2 is 2.44 bits per heavy atom. The normalized spacial score (nSPS) is 23.1. The minimum atomic E-state index is 0.536. The average molecular weight is 252 g/mol. The molecule has 1 N–H and O–H groups in total. The first-order valence-corrected chi connectivity index (χ1v) is 6.88. The zero-order valence-corrected chi connectivity index (χ0v) is 11.4. The molecule has 1 saturated heterocycles. The topological polar surface area (TPSA) is 37.6 Å². The smallest absolute Gasteiger partial charge is 0.117 e. The molecule has 2 unspecified atom stereocenters. The molecule has 4 nitrogen and oxygen atoms in total. The molecule has 4 heteroatoms. The number of ether oxygens (including phenoxy) is 1. The third-order valence-electron chi connectivity index (χ3n) is 3.63. The fourth-order valence-corrected chi connectivity index (χ4v) is 2.53. The van der Waals surface area contributed by atoms with Crippen LogP contribution in [0.25, 0.3) is 0 Å². The van der Waals surface area contributed by atoms with E-state index in [4.69, 9.17) is 9.15 Å². The molecule has 18 heavy (non-hydrogen) atoms. The fraction of sp³-hybridized carbons (Fsp3) is 0.714. The standard InChI is InChI=1S/C14H24N2O2/c1-3-13-11-17-8-6-16(13)12(2)9-15-10-14-5-4-7-18-14/h4-5,7,12-13,15H,3,6,8-11H2,1-2H3. The molecule has 2 heterocycles. The molecule has 0 radical (unpaired) electrons. The van der Waals surface area contributed by atoms with E-state index in [1.165, 1.54) is 0 Å². The van der Waals surface area contributed by atoms with Gasteiger partial charge in [-0.05, 0) is 25.5 Å². The first-order valence-electron chi connectivity index (χ1n) is 6.88. The van der Waals surface area contributed by atoms with Crippen LogP contribution in [0.5, 0.6) is 0 Å². The minimum Gasteiger partial charge on any atom is -0.468 e. The second-order valence-electron chi connectivity index (χ2n) is 4.93. The van der Waals surface area contributed by atoms with Crippen LogP contribution in [0.1, 0.15) is 26.0 Å². The summed E-state index contributed by atoms with van der Waals surface area (Å²) >= 11 is 0. The zero-order chi connectivity index (χ0) is 12.8. The molecule has 1 aromatic rings. The first kappa shape index (κ1) is 13.6. The third kappa shape index (κ3) is 3.57. The van der Waals surface area contributed by atoms with E-state index in [1.807, 2.05) is 12.1 Å². The average Bonchev–Trinajstić information content (AvgIpc) is 2.91. The van der Waals surface area contributed by atoms with Crippen LogP contribution >= 0.6 is 0 Å². The highest BCUT2D eigenvalue weighted by Gasteiger charge is 2.25. The van der Waals surface area contributed by atoms with Gasteiger partial charge in [0.1, 0.15) is 5.76 Å². The van der Waals surface area contributed by atoms with E-state index in [9.17, 15) is 0 Å².